The minimum Gasteiger partial charge on any atom is -0.350 e. The van der Waals surface area contributed by atoms with Gasteiger partial charge in [-0.15, -0.1) is 0 Å². The second kappa shape index (κ2) is 5.76. The molecule has 0 atom stereocenters. The van der Waals surface area contributed by atoms with E-state index in [0.29, 0.717) is 6.54 Å². The summed E-state index contributed by atoms with van der Waals surface area (Å²) >= 11 is 0. The van der Waals surface area contributed by atoms with Crippen molar-refractivity contribution in [3.05, 3.63) is 34.7 Å². The Morgan fingerprint density at radius 3 is 2.24 bits per heavy atom. The van der Waals surface area contributed by atoms with E-state index in [-0.39, 0.29) is 23.7 Å². The summed E-state index contributed by atoms with van der Waals surface area (Å²) in [5.74, 6) is -0.136. The van der Waals surface area contributed by atoms with Gasteiger partial charge in [-0.3, -0.25) is 13.9 Å². The highest BCUT2D eigenvalue weighted by Crippen LogP contribution is 2.13. The lowest BCUT2D eigenvalue weighted by Crippen LogP contribution is -2.45. The van der Waals surface area contributed by atoms with Gasteiger partial charge in [-0.2, -0.15) is 0 Å². The van der Waals surface area contributed by atoms with E-state index in [0.717, 1.165) is 17.5 Å². The summed E-state index contributed by atoms with van der Waals surface area (Å²) in [6, 6.07) is 7.57. The summed E-state index contributed by atoms with van der Waals surface area (Å²) in [7, 11) is 0. The number of para-hydroxylation sites is 2. The van der Waals surface area contributed by atoms with Crippen molar-refractivity contribution in [1.29, 1.82) is 0 Å². The van der Waals surface area contributed by atoms with E-state index in [9.17, 15) is 9.59 Å². The van der Waals surface area contributed by atoms with Gasteiger partial charge in [0.05, 0.1) is 11.0 Å². The molecule has 1 heterocycles. The van der Waals surface area contributed by atoms with Crippen LogP contribution in [0.2, 0.25) is 0 Å². The molecule has 0 unspecified atom stereocenters. The molecule has 1 aromatic heterocycles. The van der Waals surface area contributed by atoms with Crippen LogP contribution in [-0.2, 0) is 17.9 Å². The first kappa shape index (κ1) is 15.4. The molecule has 21 heavy (non-hydrogen) atoms. The molecule has 5 nitrogen and oxygen atoms in total. The van der Waals surface area contributed by atoms with Gasteiger partial charge in [0.15, 0.2) is 0 Å². The van der Waals surface area contributed by atoms with Crippen molar-refractivity contribution in [2.24, 2.45) is 0 Å². The Hall–Kier alpha value is -2.04. The molecule has 1 amide bonds. The summed E-state index contributed by atoms with van der Waals surface area (Å²) in [6.07, 6.45) is 0.838. The molecule has 0 radical (unpaired) electrons. The van der Waals surface area contributed by atoms with Crippen molar-refractivity contribution in [3.8, 4) is 0 Å². The SMILES string of the molecule is CCn1c(=O)n(CC(=O)NC(C)(C)CC)c2ccccc21. The van der Waals surface area contributed by atoms with Crippen molar-refractivity contribution in [2.75, 3.05) is 0 Å². The van der Waals surface area contributed by atoms with Gasteiger partial charge in [-0.25, -0.2) is 4.79 Å². The summed E-state index contributed by atoms with van der Waals surface area (Å²) in [5.41, 5.74) is 1.27. The van der Waals surface area contributed by atoms with Crippen LogP contribution in [0.5, 0.6) is 0 Å². The Morgan fingerprint density at radius 2 is 1.71 bits per heavy atom. The monoisotopic (exact) mass is 289 g/mol. The van der Waals surface area contributed by atoms with E-state index >= 15 is 0 Å². The number of nitrogens with zero attached hydrogens (tertiary/aromatic N) is 2. The number of fused-ring (bicyclic) bond motifs is 1. The molecule has 2 aromatic rings. The lowest BCUT2D eigenvalue weighted by molar-refractivity contribution is -0.123. The minimum absolute atomic E-state index is 0.0514. The molecule has 0 spiro atoms. The molecular formula is C16H23N3O2. The van der Waals surface area contributed by atoms with E-state index in [1.807, 2.05) is 52.0 Å². The molecule has 1 aromatic carbocycles. The van der Waals surface area contributed by atoms with Crippen molar-refractivity contribution in [3.63, 3.8) is 0 Å². The average molecular weight is 289 g/mol. The summed E-state index contributed by atoms with van der Waals surface area (Å²) in [5, 5.41) is 2.97. The van der Waals surface area contributed by atoms with E-state index in [4.69, 9.17) is 0 Å². The van der Waals surface area contributed by atoms with Crippen molar-refractivity contribution >= 4 is 16.9 Å². The maximum absolute atomic E-state index is 12.4. The minimum atomic E-state index is -0.260. The van der Waals surface area contributed by atoms with Crippen LogP contribution >= 0.6 is 0 Å². The third kappa shape index (κ3) is 3.01. The molecule has 0 aliphatic rings. The lowest BCUT2D eigenvalue weighted by atomic mass is 10.0. The number of aryl methyl sites for hydroxylation is 1. The highest BCUT2D eigenvalue weighted by Gasteiger charge is 2.20. The van der Waals surface area contributed by atoms with Gasteiger partial charge < -0.3 is 5.32 Å². The lowest BCUT2D eigenvalue weighted by Gasteiger charge is -2.24. The Balaban J connectivity index is 2.37. The maximum atomic E-state index is 12.4. The molecule has 0 saturated heterocycles. The number of hydrogen-bond donors (Lipinski definition) is 1. The van der Waals surface area contributed by atoms with Crippen LogP contribution in [0.25, 0.3) is 11.0 Å². The van der Waals surface area contributed by atoms with Crippen LogP contribution < -0.4 is 11.0 Å². The van der Waals surface area contributed by atoms with Crippen LogP contribution in [0.15, 0.2) is 29.1 Å². The summed E-state index contributed by atoms with van der Waals surface area (Å²) < 4.78 is 3.23. The van der Waals surface area contributed by atoms with Gasteiger partial charge in [0.1, 0.15) is 6.54 Å². The molecule has 114 valence electrons. The molecule has 0 aliphatic carbocycles. The van der Waals surface area contributed by atoms with E-state index in [2.05, 4.69) is 5.32 Å². The highest BCUT2D eigenvalue weighted by molar-refractivity contribution is 5.81. The average Bonchev–Trinajstić information content (AvgIpc) is 2.71. The molecule has 1 N–H and O–H groups in total. The molecular weight excluding hydrogens is 266 g/mol. The fourth-order valence-corrected chi connectivity index (χ4v) is 2.38. The van der Waals surface area contributed by atoms with Crippen LogP contribution in [-0.4, -0.2) is 20.6 Å². The Bertz CT molecular complexity index is 710. The number of rotatable bonds is 5. The fourth-order valence-electron chi connectivity index (χ4n) is 2.38. The van der Waals surface area contributed by atoms with Gasteiger partial charge in [0.25, 0.3) is 0 Å². The number of carbonyl (C=O) groups excluding carboxylic acids is 1. The Kier molecular flexibility index (Phi) is 4.21. The smallest absolute Gasteiger partial charge is 0.329 e. The Labute approximate surface area is 124 Å². The summed E-state index contributed by atoms with van der Waals surface area (Å²) in [4.78, 5) is 24.6. The number of benzene rings is 1. The van der Waals surface area contributed by atoms with Crippen LogP contribution in [0.1, 0.15) is 34.1 Å². The number of nitrogens with one attached hydrogen (secondary N) is 1. The largest absolute Gasteiger partial charge is 0.350 e. The van der Waals surface area contributed by atoms with Crippen molar-refractivity contribution in [1.82, 2.24) is 14.5 Å². The number of amides is 1. The predicted octanol–water partition coefficient (Wildman–Crippen LogP) is 2.13. The molecule has 0 saturated carbocycles. The maximum Gasteiger partial charge on any atom is 0.329 e. The quantitative estimate of drug-likeness (QED) is 0.916. The zero-order chi connectivity index (χ0) is 15.6. The first-order chi connectivity index (χ1) is 9.89. The molecule has 0 bridgehead atoms. The second-order valence-electron chi connectivity index (χ2n) is 5.89. The van der Waals surface area contributed by atoms with Gasteiger partial charge in [0.2, 0.25) is 5.91 Å². The normalized spacial score (nSPS) is 11.8. The number of aromatic nitrogens is 2. The van der Waals surface area contributed by atoms with Gasteiger partial charge in [-0.05, 0) is 39.3 Å². The first-order valence-electron chi connectivity index (χ1n) is 7.38. The Morgan fingerprint density at radius 1 is 1.14 bits per heavy atom. The predicted molar refractivity (Wildman–Crippen MR) is 84.4 cm³/mol. The second-order valence-corrected chi connectivity index (χ2v) is 5.89. The number of carbonyl (C=O) groups is 1. The van der Waals surface area contributed by atoms with Crippen LogP contribution in [0.4, 0.5) is 0 Å². The van der Waals surface area contributed by atoms with Crippen molar-refractivity contribution < 1.29 is 4.79 Å². The molecule has 0 fully saturated rings. The summed E-state index contributed by atoms with van der Waals surface area (Å²) in [6.45, 7) is 8.55. The first-order valence-corrected chi connectivity index (χ1v) is 7.38. The highest BCUT2D eigenvalue weighted by atomic mass is 16.2. The number of imidazole rings is 1. The molecule has 2 rings (SSSR count). The van der Waals surface area contributed by atoms with Gasteiger partial charge in [0, 0.05) is 12.1 Å². The van der Waals surface area contributed by atoms with E-state index in [1.165, 1.54) is 0 Å². The van der Waals surface area contributed by atoms with Crippen LogP contribution in [0.3, 0.4) is 0 Å². The zero-order valence-corrected chi connectivity index (χ0v) is 13.1. The van der Waals surface area contributed by atoms with Gasteiger partial charge in [-0.1, -0.05) is 19.1 Å². The van der Waals surface area contributed by atoms with E-state index in [1.54, 1.807) is 9.13 Å². The third-order valence-corrected chi connectivity index (χ3v) is 3.90. The third-order valence-electron chi connectivity index (χ3n) is 3.90. The standard InChI is InChI=1S/C16H23N3O2/c1-5-16(3,4)17-14(20)11-19-13-10-8-7-9-12(13)18(6-2)15(19)21/h7-10H,5-6,11H2,1-4H3,(H,17,20). The topological polar surface area (TPSA) is 56.0 Å². The molecule has 0 aliphatic heterocycles. The van der Waals surface area contributed by atoms with Crippen LogP contribution in [0, 0.1) is 0 Å². The number of hydrogen-bond acceptors (Lipinski definition) is 2. The molecule has 5 heteroatoms. The zero-order valence-electron chi connectivity index (χ0n) is 13.1. The van der Waals surface area contributed by atoms with E-state index < -0.39 is 0 Å². The van der Waals surface area contributed by atoms with Crippen molar-refractivity contribution in [2.45, 2.75) is 52.7 Å². The fraction of sp³-hybridized carbons (Fsp3) is 0.500. The van der Waals surface area contributed by atoms with Gasteiger partial charge >= 0.3 is 5.69 Å².